The number of H-pyrrole nitrogens is 1. The van der Waals surface area contributed by atoms with Crippen LogP contribution in [0.1, 0.15) is 18.9 Å². The Labute approximate surface area is 84.0 Å². The summed E-state index contributed by atoms with van der Waals surface area (Å²) in [5.41, 5.74) is 3.69. The quantitative estimate of drug-likeness (QED) is 0.784. The fraction of sp³-hybridized carbons (Fsp3) is 0.250. The predicted octanol–water partition coefficient (Wildman–Crippen LogP) is 3.03. The first-order valence-electron chi connectivity index (χ1n) is 4.99. The Balaban J connectivity index is 2.31. The first-order chi connectivity index (χ1) is 6.90. The van der Waals surface area contributed by atoms with Gasteiger partial charge >= 0.3 is 0 Å². The van der Waals surface area contributed by atoms with Crippen molar-refractivity contribution in [2.24, 2.45) is 0 Å². The van der Waals surface area contributed by atoms with Crippen LogP contribution in [0.5, 0.6) is 0 Å². The van der Waals surface area contributed by atoms with E-state index in [-0.39, 0.29) is 0 Å². The zero-order valence-electron chi connectivity index (χ0n) is 8.33. The maximum absolute atomic E-state index is 3.95. The molecule has 0 spiro atoms. The van der Waals surface area contributed by atoms with Crippen molar-refractivity contribution in [3.05, 3.63) is 42.1 Å². The van der Waals surface area contributed by atoms with Crippen LogP contribution in [-0.4, -0.2) is 10.2 Å². The molecule has 1 N–H and O–H groups in total. The van der Waals surface area contributed by atoms with Crippen molar-refractivity contribution < 1.29 is 0 Å². The van der Waals surface area contributed by atoms with Gasteiger partial charge in [-0.2, -0.15) is 5.10 Å². The van der Waals surface area contributed by atoms with E-state index in [2.05, 4.69) is 41.4 Å². The minimum atomic E-state index is 1.09. The van der Waals surface area contributed by atoms with Gasteiger partial charge in [0.15, 0.2) is 0 Å². The van der Waals surface area contributed by atoms with Gasteiger partial charge in [-0.1, -0.05) is 31.5 Å². The molecule has 0 bridgehead atoms. The van der Waals surface area contributed by atoms with Crippen LogP contribution in [0.25, 0.3) is 11.3 Å². The van der Waals surface area contributed by atoms with Crippen molar-refractivity contribution >= 4 is 0 Å². The van der Waals surface area contributed by atoms with Crippen LogP contribution in [0, 0.1) is 0 Å². The summed E-state index contributed by atoms with van der Waals surface area (Å²) >= 11 is 0. The molecule has 2 nitrogen and oxygen atoms in total. The average molecular weight is 186 g/mol. The van der Waals surface area contributed by atoms with Crippen molar-refractivity contribution in [2.45, 2.75) is 19.8 Å². The lowest BCUT2D eigenvalue weighted by molar-refractivity contribution is 0.922. The molecule has 14 heavy (non-hydrogen) atoms. The number of aromatic amines is 1. The molecule has 0 aliphatic carbocycles. The van der Waals surface area contributed by atoms with Crippen LogP contribution in [-0.2, 0) is 6.42 Å². The number of nitrogens with zero attached hydrogens (tertiary/aromatic N) is 1. The predicted molar refractivity (Wildman–Crippen MR) is 58.0 cm³/mol. The zero-order valence-corrected chi connectivity index (χ0v) is 8.33. The number of hydrogen-bond acceptors (Lipinski definition) is 1. The first kappa shape index (κ1) is 9.00. The summed E-state index contributed by atoms with van der Waals surface area (Å²) in [6.07, 6.45) is 4.11. The lowest BCUT2D eigenvalue weighted by atomic mass is 10.1. The van der Waals surface area contributed by atoms with Crippen molar-refractivity contribution in [1.29, 1.82) is 0 Å². The summed E-state index contributed by atoms with van der Waals surface area (Å²) < 4.78 is 0. The number of rotatable bonds is 3. The van der Waals surface area contributed by atoms with E-state index in [4.69, 9.17) is 0 Å². The van der Waals surface area contributed by atoms with Crippen LogP contribution < -0.4 is 0 Å². The highest BCUT2D eigenvalue weighted by Crippen LogP contribution is 2.17. The molecular formula is C12H14N2. The SMILES string of the molecule is CCCc1cccc(-c2ccn[nH]2)c1. The van der Waals surface area contributed by atoms with Gasteiger partial charge in [0, 0.05) is 6.20 Å². The third-order valence-corrected chi connectivity index (χ3v) is 2.28. The van der Waals surface area contributed by atoms with Crippen LogP contribution in [0.2, 0.25) is 0 Å². The molecule has 0 saturated heterocycles. The fourth-order valence-corrected chi connectivity index (χ4v) is 1.60. The molecule has 1 aromatic heterocycles. The Bertz CT molecular complexity index is 390. The Kier molecular flexibility index (Phi) is 2.63. The number of nitrogens with one attached hydrogen (secondary N) is 1. The second-order valence-electron chi connectivity index (χ2n) is 3.42. The van der Waals surface area contributed by atoms with Gasteiger partial charge < -0.3 is 0 Å². The van der Waals surface area contributed by atoms with Crippen molar-refractivity contribution in [1.82, 2.24) is 10.2 Å². The van der Waals surface area contributed by atoms with E-state index in [1.165, 1.54) is 17.5 Å². The van der Waals surface area contributed by atoms with E-state index in [1.807, 2.05) is 6.07 Å². The first-order valence-corrected chi connectivity index (χ1v) is 4.99. The number of aromatic nitrogens is 2. The molecule has 0 aliphatic heterocycles. The highest BCUT2D eigenvalue weighted by molar-refractivity contribution is 5.59. The second kappa shape index (κ2) is 4.09. The fourth-order valence-electron chi connectivity index (χ4n) is 1.60. The van der Waals surface area contributed by atoms with Gasteiger partial charge in [0.25, 0.3) is 0 Å². The summed E-state index contributed by atoms with van der Waals surface area (Å²) in [4.78, 5) is 0. The lowest BCUT2D eigenvalue weighted by Crippen LogP contribution is -1.84. The van der Waals surface area contributed by atoms with Gasteiger partial charge in [-0.3, -0.25) is 5.10 Å². The number of hydrogen-bond donors (Lipinski definition) is 1. The van der Waals surface area contributed by atoms with E-state index in [9.17, 15) is 0 Å². The molecule has 2 heteroatoms. The maximum Gasteiger partial charge on any atom is 0.0650 e. The van der Waals surface area contributed by atoms with Crippen LogP contribution >= 0.6 is 0 Å². The average Bonchev–Trinajstić information content (AvgIpc) is 2.71. The van der Waals surface area contributed by atoms with Gasteiger partial charge in [0.2, 0.25) is 0 Å². The molecule has 0 radical (unpaired) electrons. The topological polar surface area (TPSA) is 28.7 Å². The van der Waals surface area contributed by atoms with Crippen molar-refractivity contribution in [3.63, 3.8) is 0 Å². The Morgan fingerprint density at radius 1 is 1.29 bits per heavy atom. The molecule has 2 rings (SSSR count). The summed E-state index contributed by atoms with van der Waals surface area (Å²) in [6.45, 7) is 2.20. The Hall–Kier alpha value is -1.57. The molecule has 72 valence electrons. The van der Waals surface area contributed by atoms with Crippen LogP contribution in [0.4, 0.5) is 0 Å². The summed E-state index contributed by atoms with van der Waals surface area (Å²) in [5.74, 6) is 0. The summed E-state index contributed by atoms with van der Waals surface area (Å²) in [6, 6.07) is 10.6. The third-order valence-electron chi connectivity index (χ3n) is 2.28. The van der Waals surface area contributed by atoms with Gasteiger partial charge in [-0.25, -0.2) is 0 Å². The molecule has 2 aromatic rings. The molecule has 0 fully saturated rings. The highest BCUT2D eigenvalue weighted by atomic mass is 15.1. The molecule has 0 unspecified atom stereocenters. The molecule has 1 heterocycles. The summed E-state index contributed by atoms with van der Waals surface area (Å²) in [7, 11) is 0. The lowest BCUT2D eigenvalue weighted by Gasteiger charge is -2.01. The maximum atomic E-state index is 3.95. The van der Waals surface area contributed by atoms with E-state index >= 15 is 0 Å². The Morgan fingerprint density at radius 2 is 2.21 bits per heavy atom. The minimum Gasteiger partial charge on any atom is -0.278 e. The molecule has 0 amide bonds. The van der Waals surface area contributed by atoms with Crippen molar-refractivity contribution in [2.75, 3.05) is 0 Å². The van der Waals surface area contributed by atoms with Crippen LogP contribution in [0.15, 0.2) is 36.5 Å². The van der Waals surface area contributed by atoms with E-state index in [0.717, 1.165) is 12.1 Å². The third kappa shape index (κ3) is 1.84. The molecule has 0 aliphatic rings. The van der Waals surface area contributed by atoms with E-state index in [1.54, 1.807) is 6.20 Å². The molecular weight excluding hydrogens is 172 g/mol. The van der Waals surface area contributed by atoms with Crippen LogP contribution in [0.3, 0.4) is 0 Å². The number of benzene rings is 1. The highest BCUT2D eigenvalue weighted by Gasteiger charge is 1.99. The van der Waals surface area contributed by atoms with E-state index in [0.29, 0.717) is 0 Å². The molecule has 1 aromatic carbocycles. The smallest absolute Gasteiger partial charge is 0.0650 e. The van der Waals surface area contributed by atoms with Gasteiger partial charge in [0.05, 0.1) is 5.69 Å². The summed E-state index contributed by atoms with van der Waals surface area (Å²) in [5, 5.41) is 6.92. The van der Waals surface area contributed by atoms with Gasteiger partial charge in [-0.05, 0) is 29.7 Å². The number of aryl methyl sites for hydroxylation is 1. The zero-order chi connectivity index (χ0) is 9.80. The second-order valence-corrected chi connectivity index (χ2v) is 3.42. The normalized spacial score (nSPS) is 10.4. The van der Waals surface area contributed by atoms with Gasteiger partial charge in [0.1, 0.15) is 0 Å². The van der Waals surface area contributed by atoms with Gasteiger partial charge in [-0.15, -0.1) is 0 Å². The standard InChI is InChI=1S/C12H14N2/c1-2-4-10-5-3-6-11(9-10)12-7-8-13-14-12/h3,5-9H,2,4H2,1H3,(H,13,14). The van der Waals surface area contributed by atoms with Crippen molar-refractivity contribution in [3.8, 4) is 11.3 Å². The monoisotopic (exact) mass is 186 g/mol. The minimum absolute atomic E-state index is 1.09. The van der Waals surface area contributed by atoms with E-state index < -0.39 is 0 Å². The Morgan fingerprint density at radius 3 is 2.93 bits per heavy atom. The molecule has 0 atom stereocenters. The largest absolute Gasteiger partial charge is 0.278 e. The molecule has 0 saturated carbocycles.